The van der Waals surface area contributed by atoms with Gasteiger partial charge in [-0.3, -0.25) is 0 Å². The molecule has 0 aliphatic rings. The number of ether oxygens (including phenoxy) is 2. The summed E-state index contributed by atoms with van der Waals surface area (Å²) >= 11 is 0. The smallest absolute Gasteiger partial charge is 0.358 e. The van der Waals surface area contributed by atoms with Crippen LogP contribution < -0.4 is 9.47 Å². The van der Waals surface area contributed by atoms with Crippen molar-refractivity contribution in [1.29, 1.82) is 0 Å². The Labute approximate surface area is 123 Å². The lowest BCUT2D eigenvalue weighted by Gasteiger charge is -2.12. The SMILES string of the molecule is COc1ccc(C)cc1COc1ccc(C)nc1C(=O)O. The van der Waals surface area contributed by atoms with Crippen LogP contribution in [0.4, 0.5) is 0 Å². The summed E-state index contributed by atoms with van der Waals surface area (Å²) in [6, 6.07) is 9.09. The first kappa shape index (κ1) is 14.8. The summed E-state index contributed by atoms with van der Waals surface area (Å²) in [5.74, 6) is -0.154. The van der Waals surface area contributed by atoms with Gasteiger partial charge >= 0.3 is 5.97 Å². The zero-order valence-electron chi connectivity index (χ0n) is 12.2. The summed E-state index contributed by atoms with van der Waals surface area (Å²) in [4.78, 5) is 15.2. The number of carboxylic acids is 1. The molecule has 0 bridgehead atoms. The molecule has 5 nitrogen and oxygen atoms in total. The van der Waals surface area contributed by atoms with E-state index >= 15 is 0 Å². The quantitative estimate of drug-likeness (QED) is 0.915. The zero-order chi connectivity index (χ0) is 15.4. The van der Waals surface area contributed by atoms with Crippen LogP contribution in [0.15, 0.2) is 30.3 Å². The largest absolute Gasteiger partial charge is 0.496 e. The first-order chi connectivity index (χ1) is 10.0. The van der Waals surface area contributed by atoms with E-state index in [1.165, 1.54) is 0 Å². The van der Waals surface area contributed by atoms with Gasteiger partial charge in [0.05, 0.1) is 7.11 Å². The minimum atomic E-state index is -1.11. The van der Waals surface area contributed by atoms with Crippen molar-refractivity contribution in [2.24, 2.45) is 0 Å². The van der Waals surface area contributed by atoms with Gasteiger partial charge in [-0.05, 0) is 38.1 Å². The number of carbonyl (C=O) groups is 1. The fourth-order valence-corrected chi connectivity index (χ4v) is 1.99. The predicted molar refractivity (Wildman–Crippen MR) is 78.0 cm³/mol. The lowest BCUT2D eigenvalue weighted by Crippen LogP contribution is -2.07. The molecular weight excluding hydrogens is 270 g/mol. The topological polar surface area (TPSA) is 68.7 Å². The van der Waals surface area contributed by atoms with Crippen LogP contribution in [0.25, 0.3) is 0 Å². The van der Waals surface area contributed by atoms with E-state index in [-0.39, 0.29) is 18.1 Å². The summed E-state index contributed by atoms with van der Waals surface area (Å²) in [6.45, 7) is 3.93. The number of hydrogen-bond acceptors (Lipinski definition) is 4. The third-order valence-electron chi connectivity index (χ3n) is 3.02. The van der Waals surface area contributed by atoms with Crippen LogP contribution in [0.3, 0.4) is 0 Å². The van der Waals surface area contributed by atoms with Crippen molar-refractivity contribution < 1.29 is 19.4 Å². The zero-order valence-corrected chi connectivity index (χ0v) is 12.2. The monoisotopic (exact) mass is 287 g/mol. The number of benzene rings is 1. The van der Waals surface area contributed by atoms with E-state index in [1.807, 2.05) is 25.1 Å². The molecule has 0 aliphatic carbocycles. The molecule has 21 heavy (non-hydrogen) atoms. The second-order valence-electron chi connectivity index (χ2n) is 4.71. The first-order valence-corrected chi connectivity index (χ1v) is 6.48. The van der Waals surface area contributed by atoms with E-state index in [9.17, 15) is 4.79 Å². The highest BCUT2D eigenvalue weighted by molar-refractivity contribution is 5.88. The van der Waals surface area contributed by atoms with Crippen molar-refractivity contribution in [3.8, 4) is 11.5 Å². The number of carboxylic acid groups (broad SMARTS) is 1. The Kier molecular flexibility index (Phi) is 4.42. The maximum Gasteiger partial charge on any atom is 0.358 e. The molecule has 0 atom stereocenters. The highest BCUT2D eigenvalue weighted by Crippen LogP contribution is 2.23. The minimum absolute atomic E-state index is 0.0818. The number of rotatable bonds is 5. The van der Waals surface area contributed by atoms with Crippen LogP contribution in [0, 0.1) is 13.8 Å². The number of pyridine rings is 1. The van der Waals surface area contributed by atoms with Crippen molar-refractivity contribution in [1.82, 2.24) is 4.98 Å². The highest BCUT2D eigenvalue weighted by atomic mass is 16.5. The van der Waals surface area contributed by atoms with Crippen LogP contribution in [-0.2, 0) is 6.61 Å². The van der Waals surface area contributed by atoms with E-state index in [2.05, 4.69) is 4.98 Å². The van der Waals surface area contributed by atoms with Gasteiger partial charge in [0.15, 0.2) is 11.4 Å². The number of hydrogen-bond donors (Lipinski definition) is 1. The Morgan fingerprint density at radius 2 is 1.90 bits per heavy atom. The second kappa shape index (κ2) is 6.26. The fraction of sp³-hybridized carbons (Fsp3) is 0.250. The lowest BCUT2D eigenvalue weighted by molar-refractivity contribution is 0.0684. The van der Waals surface area contributed by atoms with Gasteiger partial charge in [-0.25, -0.2) is 9.78 Å². The molecule has 0 spiro atoms. The van der Waals surface area contributed by atoms with Gasteiger partial charge in [0, 0.05) is 11.3 Å². The molecule has 0 radical (unpaired) electrons. The molecule has 1 N–H and O–H groups in total. The van der Waals surface area contributed by atoms with Crippen molar-refractivity contribution >= 4 is 5.97 Å². The van der Waals surface area contributed by atoms with Crippen LogP contribution in [0.5, 0.6) is 11.5 Å². The molecule has 0 unspecified atom stereocenters. The summed E-state index contributed by atoms with van der Waals surface area (Å²) < 4.78 is 10.9. The number of aromatic nitrogens is 1. The predicted octanol–water partition coefficient (Wildman–Crippen LogP) is 2.98. The molecule has 0 saturated carbocycles. The van der Waals surface area contributed by atoms with Gasteiger partial charge in [0.25, 0.3) is 0 Å². The first-order valence-electron chi connectivity index (χ1n) is 6.48. The molecule has 1 aromatic heterocycles. The molecule has 1 heterocycles. The van der Waals surface area contributed by atoms with Crippen LogP contribution in [0.1, 0.15) is 27.3 Å². The molecular formula is C16H17NO4. The Morgan fingerprint density at radius 3 is 2.57 bits per heavy atom. The molecule has 2 rings (SSSR count). The molecule has 0 amide bonds. The number of nitrogens with zero attached hydrogens (tertiary/aromatic N) is 1. The van der Waals surface area contributed by atoms with Crippen molar-refractivity contribution in [3.05, 3.63) is 52.8 Å². The maximum atomic E-state index is 11.2. The second-order valence-corrected chi connectivity index (χ2v) is 4.71. The molecule has 1 aromatic carbocycles. The number of aryl methyl sites for hydroxylation is 2. The van der Waals surface area contributed by atoms with E-state index in [0.29, 0.717) is 11.4 Å². The van der Waals surface area contributed by atoms with Crippen LogP contribution in [-0.4, -0.2) is 23.2 Å². The number of methoxy groups -OCH3 is 1. The average Bonchev–Trinajstić information content (AvgIpc) is 2.46. The maximum absolute atomic E-state index is 11.2. The summed E-state index contributed by atoms with van der Waals surface area (Å²) in [6.07, 6.45) is 0. The van der Waals surface area contributed by atoms with Crippen molar-refractivity contribution in [3.63, 3.8) is 0 Å². The molecule has 0 fully saturated rings. The van der Waals surface area contributed by atoms with Gasteiger partial charge in [-0.2, -0.15) is 0 Å². The Bertz CT molecular complexity index is 667. The normalized spacial score (nSPS) is 10.2. The highest BCUT2D eigenvalue weighted by Gasteiger charge is 2.14. The van der Waals surface area contributed by atoms with Crippen molar-refractivity contribution in [2.75, 3.05) is 7.11 Å². The fourth-order valence-electron chi connectivity index (χ4n) is 1.99. The van der Waals surface area contributed by atoms with E-state index in [1.54, 1.807) is 26.2 Å². The molecule has 0 saturated heterocycles. The van der Waals surface area contributed by atoms with Gasteiger partial charge in [0.1, 0.15) is 12.4 Å². The van der Waals surface area contributed by atoms with Gasteiger partial charge < -0.3 is 14.6 Å². The average molecular weight is 287 g/mol. The van der Waals surface area contributed by atoms with Gasteiger partial charge in [-0.15, -0.1) is 0 Å². The van der Waals surface area contributed by atoms with Crippen LogP contribution >= 0.6 is 0 Å². The Hall–Kier alpha value is -2.56. The molecule has 2 aromatic rings. The van der Waals surface area contributed by atoms with E-state index < -0.39 is 5.97 Å². The van der Waals surface area contributed by atoms with E-state index in [4.69, 9.17) is 14.6 Å². The Morgan fingerprint density at radius 1 is 1.19 bits per heavy atom. The summed E-state index contributed by atoms with van der Waals surface area (Å²) in [5.41, 5.74) is 2.49. The molecule has 5 heteroatoms. The van der Waals surface area contributed by atoms with E-state index in [0.717, 1.165) is 11.1 Å². The van der Waals surface area contributed by atoms with Gasteiger partial charge in [-0.1, -0.05) is 11.6 Å². The third-order valence-corrected chi connectivity index (χ3v) is 3.02. The molecule has 0 aliphatic heterocycles. The van der Waals surface area contributed by atoms with Crippen LogP contribution in [0.2, 0.25) is 0 Å². The lowest BCUT2D eigenvalue weighted by atomic mass is 10.1. The van der Waals surface area contributed by atoms with Crippen molar-refractivity contribution in [2.45, 2.75) is 20.5 Å². The minimum Gasteiger partial charge on any atom is -0.496 e. The van der Waals surface area contributed by atoms with Gasteiger partial charge in [0.2, 0.25) is 0 Å². The standard InChI is InChI=1S/C16H17NO4/c1-10-4-6-13(20-3)12(8-10)9-21-14-7-5-11(2)17-15(14)16(18)19/h4-8H,9H2,1-3H3,(H,18,19). The number of aromatic carboxylic acids is 1. The summed E-state index contributed by atoms with van der Waals surface area (Å²) in [7, 11) is 1.59. The molecule has 110 valence electrons. The third kappa shape index (κ3) is 3.51. The summed E-state index contributed by atoms with van der Waals surface area (Å²) in [5, 5.41) is 9.16. The Balaban J connectivity index is 2.24.